The molecule has 5 nitrogen and oxygen atoms in total. The average Bonchev–Trinajstić information content (AvgIpc) is 2.49. The Bertz CT molecular complexity index is 602. The van der Waals surface area contributed by atoms with Gasteiger partial charge in [-0.1, -0.05) is 29.3 Å². The number of nitrogens with zero attached hydrogens (tertiary/aromatic N) is 1. The van der Waals surface area contributed by atoms with Gasteiger partial charge in [-0.3, -0.25) is 0 Å². The van der Waals surface area contributed by atoms with Crippen LogP contribution < -0.4 is 10.6 Å². The molecular weight excluding hydrogens is 349 g/mol. The molecule has 7 heteroatoms. The van der Waals surface area contributed by atoms with Crippen molar-refractivity contribution in [2.24, 2.45) is 0 Å². The van der Waals surface area contributed by atoms with Crippen molar-refractivity contribution in [1.82, 2.24) is 10.2 Å². The molecule has 24 heavy (non-hydrogen) atoms. The van der Waals surface area contributed by atoms with Crippen molar-refractivity contribution in [3.8, 4) is 0 Å². The first-order valence-electron chi connectivity index (χ1n) is 8.08. The van der Waals surface area contributed by atoms with Crippen molar-refractivity contribution in [1.29, 1.82) is 0 Å². The number of carbonyl (C=O) groups is 1. The van der Waals surface area contributed by atoms with Crippen molar-refractivity contribution in [3.05, 3.63) is 27.7 Å². The number of anilines is 1. The van der Waals surface area contributed by atoms with E-state index in [1.54, 1.807) is 11.9 Å². The van der Waals surface area contributed by atoms with Gasteiger partial charge in [0.15, 0.2) is 0 Å². The molecule has 0 aromatic heterocycles. The molecule has 1 atom stereocenters. The zero-order valence-corrected chi connectivity index (χ0v) is 16.1. The molecule has 2 N–H and O–H groups in total. The second-order valence-corrected chi connectivity index (χ2v) is 7.73. The van der Waals surface area contributed by atoms with Crippen LogP contribution in [0.1, 0.15) is 38.8 Å². The van der Waals surface area contributed by atoms with Crippen LogP contribution in [0.5, 0.6) is 0 Å². The van der Waals surface area contributed by atoms with E-state index in [0.29, 0.717) is 23.1 Å². The van der Waals surface area contributed by atoms with Gasteiger partial charge < -0.3 is 20.3 Å². The number of benzene rings is 1. The van der Waals surface area contributed by atoms with Crippen molar-refractivity contribution in [3.63, 3.8) is 0 Å². The predicted octanol–water partition coefficient (Wildman–Crippen LogP) is 4.31. The van der Waals surface area contributed by atoms with E-state index in [4.69, 9.17) is 27.9 Å². The third-order valence-electron chi connectivity index (χ3n) is 3.78. The maximum absolute atomic E-state index is 12.0. The molecule has 1 unspecified atom stereocenters. The molecule has 2 rings (SSSR count). The Kier molecular flexibility index (Phi) is 6.23. The summed E-state index contributed by atoms with van der Waals surface area (Å²) in [6, 6.07) is 3.99. The number of fused-ring (bicyclic) bond motifs is 1. The zero-order chi connectivity index (χ0) is 17.9. The van der Waals surface area contributed by atoms with Gasteiger partial charge >= 0.3 is 6.09 Å². The maximum Gasteiger partial charge on any atom is 0.410 e. The standard InChI is InChI=1S/C17H25Cl2N3O2/c1-17(2,3)24-16(23)22(4)10-9-20-13-7-8-21-15-11(13)5-6-12(18)14(15)19/h5-6,13,20-21H,7-10H2,1-4H3. The van der Waals surface area contributed by atoms with Crippen LogP contribution in [-0.2, 0) is 4.74 Å². The highest BCUT2D eigenvalue weighted by Crippen LogP contribution is 2.39. The minimum absolute atomic E-state index is 0.183. The van der Waals surface area contributed by atoms with Crippen molar-refractivity contribution >= 4 is 35.0 Å². The first-order valence-corrected chi connectivity index (χ1v) is 8.84. The predicted molar refractivity (Wildman–Crippen MR) is 99.2 cm³/mol. The van der Waals surface area contributed by atoms with Gasteiger partial charge in [0.05, 0.1) is 15.7 Å². The van der Waals surface area contributed by atoms with Crippen LogP contribution in [0.4, 0.5) is 10.5 Å². The Morgan fingerprint density at radius 2 is 2.12 bits per heavy atom. The highest BCUT2D eigenvalue weighted by Gasteiger charge is 2.23. The maximum atomic E-state index is 12.0. The van der Waals surface area contributed by atoms with Crippen LogP contribution in [0.3, 0.4) is 0 Å². The highest BCUT2D eigenvalue weighted by molar-refractivity contribution is 6.43. The second-order valence-electron chi connectivity index (χ2n) is 6.95. The molecule has 1 amide bonds. The lowest BCUT2D eigenvalue weighted by Gasteiger charge is -2.30. The molecule has 0 fully saturated rings. The molecular formula is C17H25Cl2N3O2. The molecule has 1 heterocycles. The molecule has 0 bridgehead atoms. The Balaban J connectivity index is 1.90. The third kappa shape index (κ3) is 4.91. The van der Waals surface area contributed by atoms with Crippen LogP contribution in [0.2, 0.25) is 10.0 Å². The number of ether oxygens (including phenoxy) is 1. The summed E-state index contributed by atoms with van der Waals surface area (Å²) >= 11 is 12.3. The normalized spacial score (nSPS) is 17.0. The third-order valence-corrected chi connectivity index (χ3v) is 4.58. The molecule has 1 aromatic carbocycles. The summed E-state index contributed by atoms with van der Waals surface area (Å²) in [6.07, 6.45) is 0.631. The van der Waals surface area contributed by atoms with E-state index in [-0.39, 0.29) is 12.1 Å². The number of hydrogen-bond acceptors (Lipinski definition) is 4. The SMILES string of the molecule is CN(CCNC1CCNc2c1ccc(Cl)c2Cl)C(=O)OC(C)(C)C. The van der Waals surface area contributed by atoms with Crippen LogP contribution in [-0.4, -0.2) is 43.3 Å². The zero-order valence-electron chi connectivity index (χ0n) is 14.6. The van der Waals surface area contributed by atoms with E-state index in [9.17, 15) is 4.79 Å². The minimum Gasteiger partial charge on any atom is -0.444 e. The van der Waals surface area contributed by atoms with Crippen LogP contribution in [0.25, 0.3) is 0 Å². The number of halogens is 2. The largest absolute Gasteiger partial charge is 0.444 e. The second kappa shape index (κ2) is 7.81. The number of amides is 1. The fourth-order valence-electron chi connectivity index (χ4n) is 2.58. The Hall–Kier alpha value is -1.17. The Morgan fingerprint density at radius 3 is 2.79 bits per heavy atom. The lowest BCUT2D eigenvalue weighted by Crippen LogP contribution is -2.39. The van der Waals surface area contributed by atoms with Crippen molar-refractivity contribution in [2.45, 2.75) is 38.8 Å². The van der Waals surface area contributed by atoms with Gasteiger partial charge in [0, 0.05) is 32.7 Å². The lowest BCUT2D eigenvalue weighted by atomic mass is 9.98. The molecule has 1 aliphatic heterocycles. The highest BCUT2D eigenvalue weighted by atomic mass is 35.5. The van der Waals surface area contributed by atoms with Crippen molar-refractivity contribution in [2.75, 3.05) is 32.0 Å². The van der Waals surface area contributed by atoms with Gasteiger partial charge in [-0.05, 0) is 38.8 Å². The number of carbonyl (C=O) groups excluding carboxylic acids is 1. The average molecular weight is 374 g/mol. The first kappa shape index (κ1) is 19.2. The van der Waals surface area contributed by atoms with Crippen LogP contribution in [0, 0.1) is 0 Å². The Morgan fingerprint density at radius 1 is 1.42 bits per heavy atom. The topological polar surface area (TPSA) is 53.6 Å². The van der Waals surface area contributed by atoms with Gasteiger partial charge in [-0.25, -0.2) is 4.79 Å². The van der Waals surface area contributed by atoms with E-state index in [2.05, 4.69) is 10.6 Å². The van der Waals surface area contributed by atoms with E-state index in [1.807, 2.05) is 32.9 Å². The summed E-state index contributed by atoms with van der Waals surface area (Å²) in [5.74, 6) is 0. The van der Waals surface area contributed by atoms with Crippen LogP contribution in [0.15, 0.2) is 12.1 Å². The van der Waals surface area contributed by atoms with E-state index < -0.39 is 5.60 Å². The van der Waals surface area contributed by atoms with Gasteiger partial charge in [-0.2, -0.15) is 0 Å². The summed E-state index contributed by atoms with van der Waals surface area (Å²) in [5, 5.41) is 7.90. The summed E-state index contributed by atoms with van der Waals surface area (Å²) in [5.41, 5.74) is 1.52. The summed E-state index contributed by atoms with van der Waals surface area (Å²) < 4.78 is 5.34. The smallest absolute Gasteiger partial charge is 0.410 e. The summed E-state index contributed by atoms with van der Waals surface area (Å²) in [4.78, 5) is 13.5. The fourth-order valence-corrected chi connectivity index (χ4v) is 2.98. The molecule has 1 aromatic rings. The molecule has 0 aliphatic carbocycles. The number of nitrogens with one attached hydrogen (secondary N) is 2. The van der Waals surface area contributed by atoms with E-state index in [0.717, 1.165) is 24.2 Å². The molecule has 0 radical (unpaired) electrons. The van der Waals surface area contributed by atoms with Crippen molar-refractivity contribution < 1.29 is 9.53 Å². The number of hydrogen-bond donors (Lipinski definition) is 2. The molecule has 0 saturated carbocycles. The van der Waals surface area contributed by atoms with E-state index in [1.165, 1.54) is 0 Å². The lowest BCUT2D eigenvalue weighted by molar-refractivity contribution is 0.0299. The van der Waals surface area contributed by atoms with Gasteiger partial charge in [0.1, 0.15) is 5.60 Å². The number of likely N-dealkylation sites (N-methyl/N-ethyl adjacent to an activating group) is 1. The van der Waals surface area contributed by atoms with Crippen LogP contribution >= 0.6 is 23.2 Å². The summed E-state index contributed by atoms with van der Waals surface area (Å²) in [7, 11) is 1.74. The van der Waals surface area contributed by atoms with Gasteiger partial charge in [-0.15, -0.1) is 0 Å². The molecule has 0 saturated heterocycles. The quantitative estimate of drug-likeness (QED) is 0.825. The fraction of sp³-hybridized carbons (Fsp3) is 0.588. The monoisotopic (exact) mass is 373 g/mol. The van der Waals surface area contributed by atoms with E-state index >= 15 is 0 Å². The van der Waals surface area contributed by atoms with Gasteiger partial charge in [0.25, 0.3) is 0 Å². The summed E-state index contributed by atoms with van der Waals surface area (Å²) in [6.45, 7) is 7.63. The first-order chi connectivity index (χ1) is 11.2. The minimum atomic E-state index is -0.483. The van der Waals surface area contributed by atoms with Gasteiger partial charge in [0.2, 0.25) is 0 Å². The molecule has 1 aliphatic rings. The Labute approximate surface area is 153 Å². The molecule has 0 spiro atoms. The molecule has 134 valence electrons. The number of rotatable bonds is 4.